The maximum absolute atomic E-state index is 12.6. The van der Waals surface area contributed by atoms with Gasteiger partial charge in [0.1, 0.15) is 0 Å². The van der Waals surface area contributed by atoms with Crippen molar-refractivity contribution in [1.29, 1.82) is 0 Å². The van der Waals surface area contributed by atoms with Gasteiger partial charge in [-0.15, -0.1) is 0 Å². The van der Waals surface area contributed by atoms with Gasteiger partial charge >= 0.3 is 0 Å². The molecule has 1 amide bonds. The van der Waals surface area contributed by atoms with Crippen LogP contribution < -0.4 is 16.8 Å². The van der Waals surface area contributed by atoms with Crippen molar-refractivity contribution in [3.8, 4) is 0 Å². The fraction of sp³-hybridized carbons (Fsp3) is 0.944. The highest BCUT2D eigenvalue weighted by Gasteiger charge is 2.48. The van der Waals surface area contributed by atoms with E-state index >= 15 is 0 Å². The van der Waals surface area contributed by atoms with E-state index in [9.17, 15) is 4.79 Å². The molecule has 0 unspecified atom stereocenters. The standard InChI is InChI=1S/C18H34N4O/c19-3-1-5-22(6-2-4-20)12-17(23)21-18-15-8-13-7-14(10-15)11-16(18)9-13/h13-16,18H,1-12,19-20H2,(H,21,23). The third kappa shape index (κ3) is 4.25. The minimum Gasteiger partial charge on any atom is -0.352 e. The van der Waals surface area contributed by atoms with Crippen molar-refractivity contribution in [3.63, 3.8) is 0 Å². The molecule has 5 heteroatoms. The van der Waals surface area contributed by atoms with Crippen LogP contribution in [0.5, 0.6) is 0 Å². The molecule has 0 heterocycles. The van der Waals surface area contributed by atoms with Crippen LogP contribution in [0.2, 0.25) is 0 Å². The number of rotatable bonds is 9. The first kappa shape index (κ1) is 17.2. The van der Waals surface area contributed by atoms with Crippen molar-refractivity contribution in [2.24, 2.45) is 35.1 Å². The van der Waals surface area contributed by atoms with Crippen LogP contribution in [0.15, 0.2) is 0 Å². The minimum absolute atomic E-state index is 0.205. The van der Waals surface area contributed by atoms with Gasteiger partial charge in [0.2, 0.25) is 5.91 Å². The third-order valence-corrected chi connectivity index (χ3v) is 6.28. The monoisotopic (exact) mass is 322 g/mol. The number of nitrogens with one attached hydrogen (secondary N) is 1. The van der Waals surface area contributed by atoms with Crippen LogP contribution in [0, 0.1) is 23.7 Å². The highest BCUT2D eigenvalue weighted by Crippen LogP contribution is 2.53. The van der Waals surface area contributed by atoms with Gasteiger partial charge in [0.05, 0.1) is 6.54 Å². The van der Waals surface area contributed by atoms with Gasteiger partial charge in [-0.1, -0.05) is 0 Å². The van der Waals surface area contributed by atoms with Gasteiger partial charge in [-0.2, -0.15) is 0 Å². The van der Waals surface area contributed by atoms with Crippen LogP contribution in [0.1, 0.15) is 44.9 Å². The largest absolute Gasteiger partial charge is 0.352 e. The van der Waals surface area contributed by atoms with E-state index in [1.807, 2.05) is 0 Å². The molecule has 0 aromatic rings. The zero-order valence-corrected chi connectivity index (χ0v) is 14.4. The molecule has 4 fully saturated rings. The van der Waals surface area contributed by atoms with E-state index in [0.29, 0.717) is 25.7 Å². The van der Waals surface area contributed by atoms with Crippen molar-refractivity contribution < 1.29 is 4.79 Å². The first-order chi connectivity index (χ1) is 11.2. The summed E-state index contributed by atoms with van der Waals surface area (Å²) in [6.45, 7) is 3.65. The summed E-state index contributed by atoms with van der Waals surface area (Å²) in [5, 5.41) is 3.40. The van der Waals surface area contributed by atoms with E-state index in [1.165, 1.54) is 32.1 Å². The van der Waals surface area contributed by atoms with E-state index in [0.717, 1.165) is 49.6 Å². The Hall–Kier alpha value is -0.650. The van der Waals surface area contributed by atoms with Gasteiger partial charge in [-0.3, -0.25) is 9.69 Å². The molecule has 0 saturated heterocycles. The van der Waals surface area contributed by atoms with Gasteiger partial charge in [0.15, 0.2) is 0 Å². The zero-order valence-electron chi connectivity index (χ0n) is 14.4. The van der Waals surface area contributed by atoms with Crippen molar-refractivity contribution >= 4 is 5.91 Å². The first-order valence-corrected chi connectivity index (χ1v) is 9.61. The summed E-state index contributed by atoms with van der Waals surface area (Å²) >= 11 is 0. The van der Waals surface area contributed by atoms with Crippen molar-refractivity contribution in [3.05, 3.63) is 0 Å². The number of hydrogen-bond donors (Lipinski definition) is 3. The number of hydrogen-bond acceptors (Lipinski definition) is 4. The van der Waals surface area contributed by atoms with E-state index in [1.54, 1.807) is 0 Å². The van der Waals surface area contributed by atoms with E-state index in [-0.39, 0.29) is 5.91 Å². The van der Waals surface area contributed by atoms with Gasteiger partial charge in [0, 0.05) is 6.04 Å². The van der Waals surface area contributed by atoms with Crippen molar-refractivity contribution in [1.82, 2.24) is 10.2 Å². The number of carbonyl (C=O) groups excluding carboxylic acids is 1. The average molecular weight is 322 g/mol. The first-order valence-electron chi connectivity index (χ1n) is 9.61. The molecule has 5 nitrogen and oxygen atoms in total. The Balaban J connectivity index is 1.49. The molecule has 4 saturated carbocycles. The lowest BCUT2D eigenvalue weighted by Crippen LogP contribution is -2.57. The number of nitrogens with zero attached hydrogens (tertiary/aromatic N) is 1. The van der Waals surface area contributed by atoms with Crippen LogP contribution in [0.4, 0.5) is 0 Å². The molecule has 4 aliphatic rings. The van der Waals surface area contributed by atoms with Crippen LogP contribution >= 0.6 is 0 Å². The highest BCUT2D eigenvalue weighted by molar-refractivity contribution is 5.78. The minimum atomic E-state index is 0.205. The van der Waals surface area contributed by atoms with Crippen LogP contribution in [0.3, 0.4) is 0 Å². The van der Waals surface area contributed by atoms with E-state index in [2.05, 4.69) is 10.2 Å². The summed E-state index contributed by atoms with van der Waals surface area (Å²) in [6.07, 6.45) is 8.74. The second-order valence-electron chi connectivity index (χ2n) is 8.08. The summed E-state index contributed by atoms with van der Waals surface area (Å²) in [5.41, 5.74) is 11.2. The molecule has 0 radical (unpaired) electrons. The molecule has 132 valence electrons. The maximum Gasteiger partial charge on any atom is 0.234 e. The summed E-state index contributed by atoms with van der Waals surface area (Å²) in [7, 11) is 0. The molecular formula is C18H34N4O. The normalized spacial score (nSPS) is 35.0. The van der Waals surface area contributed by atoms with Crippen LogP contribution in [-0.4, -0.2) is 49.6 Å². The Bertz CT molecular complexity index is 364. The Morgan fingerprint density at radius 3 is 1.91 bits per heavy atom. The predicted molar refractivity (Wildman–Crippen MR) is 92.8 cm³/mol. The SMILES string of the molecule is NCCCN(CCCN)CC(=O)NC1C2CC3CC(C2)CC1C3. The molecule has 0 spiro atoms. The van der Waals surface area contributed by atoms with Gasteiger partial charge in [0.25, 0.3) is 0 Å². The molecule has 4 bridgehead atoms. The molecule has 0 aromatic carbocycles. The molecule has 4 aliphatic carbocycles. The number of nitrogens with two attached hydrogens (primary N) is 2. The third-order valence-electron chi connectivity index (χ3n) is 6.28. The highest BCUT2D eigenvalue weighted by atomic mass is 16.2. The summed E-state index contributed by atoms with van der Waals surface area (Å²) in [6, 6.07) is 0.446. The lowest BCUT2D eigenvalue weighted by Gasteiger charge is -2.54. The lowest BCUT2D eigenvalue weighted by atomic mass is 9.54. The fourth-order valence-corrected chi connectivity index (χ4v) is 5.50. The Morgan fingerprint density at radius 2 is 1.43 bits per heavy atom. The van der Waals surface area contributed by atoms with Gasteiger partial charge in [-0.25, -0.2) is 0 Å². The Kier molecular flexibility index (Phi) is 5.94. The zero-order chi connectivity index (χ0) is 16.2. The molecule has 4 rings (SSSR count). The summed E-state index contributed by atoms with van der Waals surface area (Å²) < 4.78 is 0. The quantitative estimate of drug-likeness (QED) is 0.589. The summed E-state index contributed by atoms with van der Waals surface area (Å²) in [4.78, 5) is 14.8. The maximum atomic E-state index is 12.6. The van der Waals surface area contributed by atoms with Crippen LogP contribution in [0.25, 0.3) is 0 Å². The molecule has 5 N–H and O–H groups in total. The molecule has 0 aromatic heterocycles. The average Bonchev–Trinajstić information content (AvgIpc) is 2.52. The molecular weight excluding hydrogens is 288 g/mol. The van der Waals surface area contributed by atoms with Gasteiger partial charge < -0.3 is 16.8 Å². The smallest absolute Gasteiger partial charge is 0.234 e. The molecule has 0 atom stereocenters. The second-order valence-corrected chi connectivity index (χ2v) is 8.08. The number of amides is 1. The Labute approximate surface area is 140 Å². The second kappa shape index (κ2) is 7.95. The topological polar surface area (TPSA) is 84.4 Å². The Morgan fingerprint density at radius 1 is 0.913 bits per heavy atom. The fourth-order valence-electron chi connectivity index (χ4n) is 5.50. The van der Waals surface area contributed by atoms with Crippen molar-refractivity contribution in [2.45, 2.75) is 51.0 Å². The molecule has 23 heavy (non-hydrogen) atoms. The van der Waals surface area contributed by atoms with Crippen molar-refractivity contribution in [2.75, 3.05) is 32.7 Å². The predicted octanol–water partition coefficient (Wildman–Crippen LogP) is 0.927. The van der Waals surface area contributed by atoms with E-state index in [4.69, 9.17) is 11.5 Å². The van der Waals surface area contributed by atoms with Gasteiger partial charge in [-0.05, 0) is 94.8 Å². The summed E-state index contributed by atoms with van der Waals surface area (Å²) in [5.74, 6) is 3.61. The lowest BCUT2D eigenvalue weighted by molar-refractivity contribution is -0.126. The van der Waals surface area contributed by atoms with Crippen LogP contribution in [-0.2, 0) is 4.79 Å². The number of carbonyl (C=O) groups is 1. The van der Waals surface area contributed by atoms with E-state index < -0.39 is 0 Å². The molecule has 0 aliphatic heterocycles.